The van der Waals surface area contributed by atoms with E-state index in [9.17, 15) is 9.18 Å². The third kappa shape index (κ3) is 3.12. The van der Waals surface area contributed by atoms with Crippen LogP contribution in [0.3, 0.4) is 0 Å². The van der Waals surface area contributed by atoms with E-state index in [-0.39, 0.29) is 12.2 Å². The van der Waals surface area contributed by atoms with Crippen molar-refractivity contribution in [2.75, 3.05) is 0 Å². The van der Waals surface area contributed by atoms with Gasteiger partial charge in [-0.3, -0.25) is 0 Å². The van der Waals surface area contributed by atoms with E-state index in [1.54, 1.807) is 18.2 Å². The quantitative estimate of drug-likeness (QED) is 0.791. The molecular weight excluding hydrogens is 257 g/mol. The fourth-order valence-electron chi connectivity index (χ4n) is 1.80. The summed E-state index contributed by atoms with van der Waals surface area (Å²) in [7, 11) is 0. The van der Waals surface area contributed by atoms with Gasteiger partial charge in [0.1, 0.15) is 11.8 Å². The zero-order valence-electron chi connectivity index (χ0n) is 11.1. The molecule has 0 fully saturated rings. The molecule has 20 heavy (non-hydrogen) atoms. The lowest BCUT2D eigenvalue weighted by Gasteiger charge is -2.15. The number of nitrogens with zero attached hydrogens (tertiary/aromatic N) is 1. The molecule has 1 unspecified atom stereocenters. The summed E-state index contributed by atoms with van der Waals surface area (Å²) >= 11 is 0. The van der Waals surface area contributed by atoms with Crippen LogP contribution in [0.4, 0.5) is 4.39 Å². The second-order valence-electron chi connectivity index (χ2n) is 4.56. The maximum atomic E-state index is 13.6. The first kappa shape index (κ1) is 14.0. The minimum atomic E-state index is -2.00. The predicted octanol–water partition coefficient (Wildman–Crippen LogP) is 3.48. The number of halogens is 1. The van der Waals surface area contributed by atoms with Crippen molar-refractivity contribution in [2.45, 2.75) is 25.4 Å². The third-order valence-electron chi connectivity index (χ3n) is 3.11. The van der Waals surface area contributed by atoms with E-state index in [4.69, 9.17) is 10.00 Å². The van der Waals surface area contributed by atoms with Crippen molar-refractivity contribution in [1.29, 1.82) is 5.26 Å². The van der Waals surface area contributed by atoms with Crippen LogP contribution in [0.5, 0.6) is 0 Å². The van der Waals surface area contributed by atoms with Crippen molar-refractivity contribution in [3.8, 4) is 6.07 Å². The Kier molecular flexibility index (Phi) is 3.99. The minimum absolute atomic E-state index is 0.114. The van der Waals surface area contributed by atoms with Crippen molar-refractivity contribution < 1.29 is 13.9 Å². The number of allylic oxidation sites excluding steroid dienone is 3. The average Bonchev–Trinajstić information content (AvgIpc) is 2.50. The van der Waals surface area contributed by atoms with Gasteiger partial charge in [0.05, 0.1) is 5.56 Å². The summed E-state index contributed by atoms with van der Waals surface area (Å²) in [5.41, 5.74) is -0.429. The van der Waals surface area contributed by atoms with E-state index >= 15 is 0 Å². The molecule has 102 valence electrons. The van der Waals surface area contributed by atoms with E-state index in [2.05, 4.69) is 0 Å². The molecule has 0 aliphatic heterocycles. The Balaban J connectivity index is 2.02. The van der Waals surface area contributed by atoms with Gasteiger partial charge in [-0.2, -0.15) is 5.26 Å². The number of hydrogen-bond acceptors (Lipinski definition) is 3. The Bertz CT molecular complexity index is 610. The normalized spacial score (nSPS) is 20.9. The molecule has 0 radical (unpaired) electrons. The van der Waals surface area contributed by atoms with Gasteiger partial charge < -0.3 is 4.74 Å². The highest BCUT2D eigenvalue weighted by molar-refractivity contribution is 5.90. The molecule has 0 amide bonds. The Morgan fingerprint density at radius 3 is 2.65 bits per heavy atom. The van der Waals surface area contributed by atoms with Gasteiger partial charge >= 0.3 is 5.97 Å². The predicted molar refractivity (Wildman–Crippen MR) is 72.5 cm³/mol. The molecule has 0 bridgehead atoms. The lowest BCUT2D eigenvalue weighted by molar-refractivity contribution is 0.0632. The summed E-state index contributed by atoms with van der Waals surface area (Å²) in [4.78, 5) is 11.9. The zero-order valence-corrected chi connectivity index (χ0v) is 11.1. The first-order valence-electron chi connectivity index (χ1n) is 6.37. The number of rotatable bonds is 3. The fourth-order valence-corrected chi connectivity index (χ4v) is 1.80. The summed E-state index contributed by atoms with van der Waals surface area (Å²) in [5, 5.41) is 8.63. The summed E-state index contributed by atoms with van der Waals surface area (Å²) in [5.74, 6) is -0.232. The Hall–Kier alpha value is -2.41. The molecule has 1 atom stereocenters. The number of carbonyl (C=O) groups excluding carboxylic acids is 1. The van der Waals surface area contributed by atoms with Gasteiger partial charge in [-0.25, -0.2) is 9.18 Å². The number of benzene rings is 1. The summed E-state index contributed by atoms with van der Waals surface area (Å²) in [6, 6.07) is 8.68. The van der Waals surface area contributed by atoms with Crippen LogP contribution in [-0.2, 0) is 11.2 Å². The first-order chi connectivity index (χ1) is 9.56. The number of aryl methyl sites for hydroxylation is 1. The third-order valence-corrected chi connectivity index (χ3v) is 3.11. The summed E-state index contributed by atoms with van der Waals surface area (Å²) in [6.07, 6.45) is 4.61. The average molecular weight is 271 g/mol. The standard InChI is InChI=1S/C16H14FNO2/c1-2-12-3-5-13(6-4-12)15(19)20-14-7-9-16(17,11-18)10-8-14/h3-9H,2,10H2,1H3. The molecule has 1 aliphatic rings. The van der Waals surface area contributed by atoms with Gasteiger partial charge in [-0.05, 0) is 42.3 Å². The fraction of sp³-hybridized carbons (Fsp3) is 0.250. The minimum Gasteiger partial charge on any atom is -0.423 e. The molecule has 0 aromatic heterocycles. The van der Waals surface area contributed by atoms with E-state index in [0.717, 1.165) is 18.1 Å². The van der Waals surface area contributed by atoms with Gasteiger partial charge in [0.2, 0.25) is 5.67 Å². The molecule has 0 saturated carbocycles. The maximum absolute atomic E-state index is 13.6. The lowest BCUT2D eigenvalue weighted by Crippen LogP contribution is -2.19. The largest absolute Gasteiger partial charge is 0.423 e. The SMILES string of the molecule is CCc1ccc(C(=O)OC2=CCC(F)(C#N)C=C2)cc1. The van der Waals surface area contributed by atoms with Crippen molar-refractivity contribution in [2.24, 2.45) is 0 Å². The Morgan fingerprint density at radius 1 is 1.45 bits per heavy atom. The number of carbonyl (C=O) groups is 1. The molecule has 3 nitrogen and oxygen atoms in total. The number of esters is 1. The zero-order chi connectivity index (χ0) is 14.6. The van der Waals surface area contributed by atoms with Crippen LogP contribution >= 0.6 is 0 Å². The van der Waals surface area contributed by atoms with Crippen LogP contribution in [0.1, 0.15) is 29.3 Å². The van der Waals surface area contributed by atoms with Crippen LogP contribution in [-0.4, -0.2) is 11.6 Å². The van der Waals surface area contributed by atoms with Gasteiger partial charge in [-0.15, -0.1) is 0 Å². The molecular formula is C16H14FNO2. The van der Waals surface area contributed by atoms with Crippen molar-refractivity contribution in [3.63, 3.8) is 0 Å². The van der Waals surface area contributed by atoms with E-state index < -0.39 is 11.6 Å². The molecule has 1 aromatic rings. The molecule has 0 saturated heterocycles. The molecule has 4 heteroatoms. The highest BCUT2D eigenvalue weighted by atomic mass is 19.1. The first-order valence-corrected chi connectivity index (χ1v) is 6.37. The van der Waals surface area contributed by atoms with Gasteiger partial charge in [0.25, 0.3) is 0 Å². The van der Waals surface area contributed by atoms with Crippen molar-refractivity contribution >= 4 is 5.97 Å². The Labute approximate surface area is 117 Å². The highest BCUT2D eigenvalue weighted by Crippen LogP contribution is 2.25. The number of alkyl halides is 1. The lowest BCUT2D eigenvalue weighted by atomic mass is 9.98. The van der Waals surface area contributed by atoms with Crippen LogP contribution < -0.4 is 0 Å². The van der Waals surface area contributed by atoms with Gasteiger partial charge in [-0.1, -0.05) is 19.1 Å². The summed E-state index contributed by atoms with van der Waals surface area (Å²) in [6.45, 7) is 2.03. The highest BCUT2D eigenvalue weighted by Gasteiger charge is 2.28. The Morgan fingerprint density at radius 2 is 2.15 bits per heavy atom. The molecule has 0 spiro atoms. The number of nitriles is 1. The van der Waals surface area contributed by atoms with Crippen molar-refractivity contribution in [1.82, 2.24) is 0 Å². The smallest absolute Gasteiger partial charge is 0.343 e. The molecule has 1 aliphatic carbocycles. The van der Waals surface area contributed by atoms with Crippen molar-refractivity contribution in [3.05, 3.63) is 59.4 Å². The summed E-state index contributed by atoms with van der Waals surface area (Å²) < 4.78 is 18.7. The van der Waals surface area contributed by atoms with Crippen LogP contribution in [0.25, 0.3) is 0 Å². The monoisotopic (exact) mass is 271 g/mol. The molecule has 1 aromatic carbocycles. The van der Waals surface area contributed by atoms with Gasteiger partial charge in [0.15, 0.2) is 0 Å². The molecule has 0 heterocycles. The molecule has 2 rings (SSSR count). The second-order valence-corrected chi connectivity index (χ2v) is 4.56. The van der Waals surface area contributed by atoms with Crippen LogP contribution in [0.15, 0.2) is 48.3 Å². The van der Waals surface area contributed by atoms with E-state index in [1.807, 2.05) is 19.1 Å². The van der Waals surface area contributed by atoms with Gasteiger partial charge in [0, 0.05) is 6.42 Å². The number of hydrogen-bond donors (Lipinski definition) is 0. The van der Waals surface area contributed by atoms with E-state index in [0.29, 0.717) is 5.56 Å². The van der Waals surface area contributed by atoms with Crippen LogP contribution in [0, 0.1) is 11.3 Å². The second kappa shape index (κ2) is 5.70. The topological polar surface area (TPSA) is 50.1 Å². The molecule has 0 N–H and O–H groups in total. The van der Waals surface area contributed by atoms with Crippen LogP contribution in [0.2, 0.25) is 0 Å². The van der Waals surface area contributed by atoms with E-state index in [1.165, 1.54) is 12.2 Å². The number of ether oxygens (including phenoxy) is 1. The maximum Gasteiger partial charge on any atom is 0.343 e.